The van der Waals surface area contributed by atoms with E-state index in [1.165, 1.54) is 19.3 Å². The zero-order valence-electron chi connectivity index (χ0n) is 14.9. The lowest BCUT2D eigenvalue weighted by molar-refractivity contribution is 0.306. The molecule has 0 spiro atoms. The number of benzene rings is 2. The Morgan fingerprint density at radius 3 is 2.58 bits per heavy atom. The van der Waals surface area contributed by atoms with Crippen LogP contribution in [0.4, 0.5) is 5.69 Å². The van der Waals surface area contributed by atoms with Crippen molar-refractivity contribution in [2.75, 3.05) is 12.4 Å². The smallest absolute Gasteiger partial charge is 0.244 e. The van der Waals surface area contributed by atoms with Gasteiger partial charge < -0.3 is 10.1 Å². The van der Waals surface area contributed by atoms with Gasteiger partial charge in [0.2, 0.25) is 10.0 Å². The Bertz CT molecular complexity index is 905. The summed E-state index contributed by atoms with van der Waals surface area (Å²) in [5, 5.41) is 3.41. The summed E-state index contributed by atoms with van der Waals surface area (Å²) in [5.74, 6) is 1.07. The van der Waals surface area contributed by atoms with Gasteiger partial charge in [0, 0.05) is 5.56 Å². The average Bonchev–Trinajstić information content (AvgIpc) is 2.68. The molecule has 0 saturated heterocycles. The summed E-state index contributed by atoms with van der Waals surface area (Å²) in [6, 6.07) is 13.2. The van der Waals surface area contributed by atoms with Crippen molar-refractivity contribution in [3.8, 4) is 16.9 Å². The SMILES string of the molecule is COc1ccccc1-c1ccc2c(c1)S(=O)(=O)NC(C1CCCCC1)N2. The summed E-state index contributed by atoms with van der Waals surface area (Å²) in [7, 11) is -1.93. The van der Waals surface area contributed by atoms with E-state index >= 15 is 0 Å². The molecule has 1 atom stereocenters. The maximum atomic E-state index is 12.9. The molecule has 1 saturated carbocycles. The van der Waals surface area contributed by atoms with Crippen molar-refractivity contribution in [1.29, 1.82) is 0 Å². The number of para-hydroxylation sites is 1. The molecule has 0 radical (unpaired) electrons. The van der Waals surface area contributed by atoms with Gasteiger partial charge in [-0.25, -0.2) is 8.42 Å². The maximum absolute atomic E-state index is 12.9. The van der Waals surface area contributed by atoms with Crippen LogP contribution in [0.25, 0.3) is 11.1 Å². The summed E-state index contributed by atoms with van der Waals surface area (Å²) in [6.07, 6.45) is 5.50. The molecule has 26 heavy (non-hydrogen) atoms. The van der Waals surface area contributed by atoms with Crippen LogP contribution in [-0.4, -0.2) is 21.7 Å². The minimum absolute atomic E-state index is 0.218. The van der Waals surface area contributed by atoms with Gasteiger partial charge in [0.25, 0.3) is 0 Å². The van der Waals surface area contributed by atoms with Gasteiger partial charge >= 0.3 is 0 Å². The largest absolute Gasteiger partial charge is 0.496 e. The van der Waals surface area contributed by atoms with E-state index in [0.717, 1.165) is 29.7 Å². The van der Waals surface area contributed by atoms with Gasteiger partial charge in [-0.15, -0.1) is 0 Å². The number of rotatable bonds is 3. The Morgan fingerprint density at radius 2 is 1.81 bits per heavy atom. The van der Waals surface area contributed by atoms with Crippen molar-refractivity contribution in [3.63, 3.8) is 0 Å². The summed E-state index contributed by atoms with van der Waals surface area (Å²) >= 11 is 0. The third-order valence-corrected chi connectivity index (χ3v) is 6.88. The molecule has 1 heterocycles. The Balaban J connectivity index is 1.70. The number of hydrogen-bond acceptors (Lipinski definition) is 4. The van der Waals surface area contributed by atoms with Crippen molar-refractivity contribution in [3.05, 3.63) is 42.5 Å². The van der Waals surface area contributed by atoms with E-state index in [2.05, 4.69) is 10.0 Å². The van der Waals surface area contributed by atoms with Crippen molar-refractivity contribution >= 4 is 15.7 Å². The Kier molecular flexibility index (Phi) is 4.63. The molecular weight excluding hydrogens is 348 g/mol. The average molecular weight is 372 g/mol. The minimum atomic E-state index is -3.54. The fraction of sp³-hybridized carbons (Fsp3) is 0.400. The van der Waals surface area contributed by atoms with Gasteiger partial charge in [0.15, 0.2) is 0 Å². The molecule has 2 aromatic carbocycles. The molecule has 6 heteroatoms. The molecule has 1 unspecified atom stereocenters. The van der Waals surface area contributed by atoms with E-state index in [9.17, 15) is 8.42 Å². The summed E-state index contributed by atoms with van der Waals surface area (Å²) in [5.41, 5.74) is 2.38. The van der Waals surface area contributed by atoms with Gasteiger partial charge in [-0.2, -0.15) is 4.72 Å². The fourth-order valence-electron chi connectivity index (χ4n) is 4.02. The molecule has 4 rings (SSSR count). The first-order valence-electron chi connectivity index (χ1n) is 9.15. The van der Waals surface area contributed by atoms with Crippen molar-refractivity contribution in [2.45, 2.75) is 43.2 Å². The number of fused-ring (bicyclic) bond motifs is 1. The van der Waals surface area contributed by atoms with Crippen LogP contribution in [0.15, 0.2) is 47.4 Å². The molecule has 2 N–H and O–H groups in total. The topological polar surface area (TPSA) is 67.4 Å². The first-order valence-corrected chi connectivity index (χ1v) is 10.6. The van der Waals surface area contributed by atoms with Gasteiger partial charge in [0.1, 0.15) is 10.6 Å². The molecule has 138 valence electrons. The van der Waals surface area contributed by atoms with E-state index in [1.54, 1.807) is 13.2 Å². The lowest BCUT2D eigenvalue weighted by Gasteiger charge is -2.35. The van der Waals surface area contributed by atoms with Gasteiger partial charge in [-0.1, -0.05) is 43.5 Å². The standard InChI is InChI=1S/C20H24N2O3S/c1-25-18-10-6-5-9-16(18)15-11-12-17-19(13-15)26(23,24)22-20(21-17)14-7-3-2-4-8-14/h5-6,9-14,20-22H,2-4,7-8H2,1H3. The fourth-order valence-corrected chi connectivity index (χ4v) is 5.44. The second kappa shape index (κ2) is 6.93. The molecule has 1 fully saturated rings. The summed E-state index contributed by atoms with van der Waals surface area (Å²) < 4.78 is 34.0. The van der Waals surface area contributed by atoms with Crippen LogP contribution < -0.4 is 14.8 Å². The van der Waals surface area contributed by atoms with E-state index in [-0.39, 0.29) is 6.17 Å². The highest BCUT2D eigenvalue weighted by molar-refractivity contribution is 7.89. The van der Waals surface area contributed by atoms with Crippen LogP contribution in [0.2, 0.25) is 0 Å². The highest BCUT2D eigenvalue weighted by Gasteiger charge is 2.34. The van der Waals surface area contributed by atoms with Crippen LogP contribution in [0.1, 0.15) is 32.1 Å². The van der Waals surface area contributed by atoms with E-state index in [4.69, 9.17) is 4.74 Å². The Hall–Kier alpha value is -2.05. The molecule has 0 aromatic heterocycles. The number of ether oxygens (including phenoxy) is 1. The van der Waals surface area contributed by atoms with Crippen LogP contribution in [0.3, 0.4) is 0 Å². The molecule has 2 aromatic rings. The van der Waals surface area contributed by atoms with Crippen LogP contribution in [0, 0.1) is 5.92 Å². The van der Waals surface area contributed by atoms with Crippen molar-refractivity contribution in [1.82, 2.24) is 4.72 Å². The molecule has 0 bridgehead atoms. The second-order valence-corrected chi connectivity index (χ2v) is 8.74. The molecule has 5 nitrogen and oxygen atoms in total. The number of anilines is 1. The van der Waals surface area contributed by atoms with E-state index < -0.39 is 10.0 Å². The summed E-state index contributed by atoms with van der Waals surface area (Å²) in [4.78, 5) is 0.299. The molecule has 0 amide bonds. The minimum Gasteiger partial charge on any atom is -0.496 e. The third-order valence-electron chi connectivity index (χ3n) is 5.40. The van der Waals surface area contributed by atoms with Crippen molar-refractivity contribution in [2.24, 2.45) is 5.92 Å². The summed E-state index contributed by atoms with van der Waals surface area (Å²) in [6.45, 7) is 0. The first-order chi connectivity index (χ1) is 12.6. The molecule has 1 aliphatic carbocycles. The highest BCUT2D eigenvalue weighted by Crippen LogP contribution is 2.37. The van der Waals surface area contributed by atoms with E-state index in [0.29, 0.717) is 16.5 Å². The number of methoxy groups -OCH3 is 1. The second-order valence-electron chi connectivity index (χ2n) is 7.05. The first kappa shape index (κ1) is 17.4. The van der Waals surface area contributed by atoms with Crippen LogP contribution >= 0.6 is 0 Å². The van der Waals surface area contributed by atoms with Gasteiger partial charge in [-0.05, 0) is 42.5 Å². The number of hydrogen-bond donors (Lipinski definition) is 2. The normalized spacial score (nSPS) is 22.3. The number of nitrogens with one attached hydrogen (secondary N) is 2. The maximum Gasteiger partial charge on any atom is 0.244 e. The quantitative estimate of drug-likeness (QED) is 0.855. The monoisotopic (exact) mass is 372 g/mol. The lowest BCUT2D eigenvalue weighted by Crippen LogP contribution is -2.49. The molecular formula is C20H24N2O3S. The molecule has 1 aliphatic heterocycles. The van der Waals surface area contributed by atoms with Gasteiger partial charge in [0.05, 0.1) is 19.0 Å². The number of sulfonamides is 1. The molecule has 2 aliphatic rings. The van der Waals surface area contributed by atoms with Crippen molar-refractivity contribution < 1.29 is 13.2 Å². The van der Waals surface area contributed by atoms with E-state index in [1.807, 2.05) is 36.4 Å². The lowest BCUT2D eigenvalue weighted by atomic mass is 9.87. The Morgan fingerprint density at radius 1 is 1.04 bits per heavy atom. The van der Waals surface area contributed by atoms with Crippen LogP contribution in [-0.2, 0) is 10.0 Å². The Labute approximate surface area is 154 Å². The zero-order chi connectivity index (χ0) is 18.1. The highest BCUT2D eigenvalue weighted by atomic mass is 32.2. The zero-order valence-corrected chi connectivity index (χ0v) is 15.7. The third kappa shape index (κ3) is 3.19. The van der Waals surface area contributed by atoms with Crippen LogP contribution in [0.5, 0.6) is 5.75 Å². The predicted molar refractivity (Wildman–Crippen MR) is 103 cm³/mol. The predicted octanol–water partition coefficient (Wildman–Crippen LogP) is 3.97. The van der Waals surface area contributed by atoms with Gasteiger partial charge in [-0.3, -0.25) is 0 Å².